The van der Waals surface area contributed by atoms with Gasteiger partial charge >= 0.3 is 5.97 Å². The van der Waals surface area contributed by atoms with Crippen molar-refractivity contribution in [1.29, 1.82) is 0 Å². The van der Waals surface area contributed by atoms with Crippen LogP contribution in [0.25, 0.3) is 10.9 Å². The van der Waals surface area contributed by atoms with Crippen molar-refractivity contribution in [3.63, 3.8) is 0 Å². The average molecular weight is 246 g/mol. The number of hydrogen-bond donors (Lipinski definition) is 1. The summed E-state index contributed by atoms with van der Waals surface area (Å²) in [5.74, 6) is -0.232. The van der Waals surface area contributed by atoms with Gasteiger partial charge in [-0.2, -0.15) is 0 Å². The number of hydrogen-bond acceptors (Lipinski definition) is 3. The minimum atomic E-state index is -0.232. The quantitative estimate of drug-likeness (QED) is 0.820. The molecule has 1 aromatic heterocycles. The lowest BCUT2D eigenvalue weighted by molar-refractivity contribution is -0.141. The number of fused-ring (bicyclic) bond motifs is 1. The predicted molar refractivity (Wildman–Crippen MR) is 71.3 cm³/mol. The molecule has 0 spiro atoms. The molecule has 4 heteroatoms. The second kappa shape index (κ2) is 5.69. The summed E-state index contributed by atoms with van der Waals surface area (Å²) in [7, 11) is 1.41. The van der Waals surface area contributed by atoms with Crippen LogP contribution in [0.15, 0.2) is 30.5 Å². The first-order chi connectivity index (χ1) is 8.74. The van der Waals surface area contributed by atoms with Crippen molar-refractivity contribution < 1.29 is 9.53 Å². The van der Waals surface area contributed by atoms with Crippen LogP contribution in [0.3, 0.4) is 0 Å². The van der Waals surface area contributed by atoms with E-state index in [4.69, 9.17) is 0 Å². The number of carbonyl (C=O) groups excluding carboxylic acids is 1. The van der Waals surface area contributed by atoms with E-state index in [1.54, 1.807) is 0 Å². The first-order valence-electron chi connectivity index (χ1n) is 6.10. The van der Waals surface area contributed by atoms with Crippen LogP contribution >= 0.6 is 0 Å². The number of rotatable bonds is 5. The molecule has 96 valence electrons. The molecule has 0 aliphatic carbocycles. The zero-order valence-electron chi connectivity index (χ0n) is 10.8. The van der Waals surface area contributed by atoms with Crippen LogP contribution in [0, 0.1) is 0 Å². The van der Waals surface area contributed by atoms with E-state index in [0.717, 1.165) is 24.0 Å². The largest absolute Gasteiger partial charge is 0.468 e. The summed E-state index contributed by atoms with van der Waals surface area (Å²) in [5.41, 5.74) is 2.31. The van der Waals surface area contributed by atoms with Crippen molar-refractivity contribution in [3.8, 4) is 0 Å². The lowest BCUT2D eigenvalue weighted by Crippen LogP contribution is -2.12. The molecule has 0 radical (unpaired) electrons. The lowest BCUT2D eigenvalue weighted by atomic mass is 10.1. The van der Waals surface area contributed by atoms with Crippen molar-refractivity contribution in [2.75, 3.05) is 13.7 Å². The second-order valence-electron chi connectivity index (χ2n) is 4.19. The van der Waals surface area contributed by atoms with Gasteiger partial charge < -0.3 is 14.6 Å². The van der Waals surface area contributed by atoms with Crippen LogP contribution in [-0.2, 0) is 22.6 Å². The molecule has 0 saturated carbocycles. The molecule has 0 fully saturated rings. The molecular weight excluding hydrogens is 228 g/mol. The van der Waals surface area contributed by atoms with E-state index >= 15 is 0 Å². The number of nitrogens with one attached hydrogen (secondary N) is 1. The topological polar surface area (TPSA) is 43.3 Å². The number of methoxy groups -OCH3 is 1. The van der Waals surface area contributed by atoms with Gasteiger partial charge in [0.05, 0.1) is 7.11 Å². The molecule has 0 amide bonds. The molecule has 18 heavy (non-hydrogen) atoms. The van der Waals surface area contributed by atoms with Gasteiger partial charge in [0.2, 0.25) is 0 Å². The van der Waals surface area contributed by atoms with Gasteiger partial charge in [-0.05, 0) is 35.7 Å². The summed E-state index contributed by atoms with van der Waals surface area (Å²) in [4.78, 5) is 11.3. The van der Waals surface area contributed by atoms with E-state index in [1.165, 1.54) is 12.7 Å². The number of carbonyl (C=O) groups is 1. The SMILES string of the molecule is CCNCc1ccc2c(ccn2CC(=O)OC)c1. The van der Waals surface area contributed by atoms with Gasteiger partial charge in [-0.3, -0.25) is 4.79 Å². The molecule has 1 aromatic carbocycles. The Hall–Kier alpha value is -1.81. The average Bonchev–Trinajstić information content (AvgIpc) is 2.78. The predicted octanol–water partition coefficient (Wildman–Crippen LogP) is 1.92. The van der Waals surface area contributed by atoms with E-state index < -0.39 is 0 Å². The fraction of sp³-hybridized carbons (Fsp3) is 0.357. The first-order valence-corrected chi connectivity index (χ1v) is 6.10. The van der Waals surface area contributed by atoms with Crippen molar-refractivity contribution in [2.45, 2.75) is 20.0 Å². The fourth-order valence-electron chi connectivity index (χ4n) is 1.97. The summed E-state index contributed by atoms with van der Waals surface area (Å²) in [6.45, 7) is 4.17. The van der Waals surface area contributed by atoms with Crippen LogP contribution in [-0.4, -0.2) is 24.2 Å². The van der Waals surface area contributed by atoms with Gasteiger partial charge in [0.1, 0.15) is 6.54 Å². The molecule has 4 nitrogen and oxygen atoms in total. The minimum absolute atomic E-state index is 0.232. The highest BCUT2D eigenvalue weighted by molar-refractivity contribution is 5.82. The molecule has 1 N–H and O–H groups in total. The number of aromatic nitrogens is 1. The molecule has 0 atom stereocenters. The van der Waals surface area contributed by atoms with Crippen LogP contribution in [0.5, 0.6) is 0 Å². The third-order valence-corrected chi connectivity index (χ3v) is 2.94. The highest BCUT2D eigenvalue weighted by Gasteiger charge is 2.06. The lowest BCUT2D eigenvalue weighted by Gasteiger charge is -2.05. The van der Waals surface area contributed by atoms with Crippen molar-refractivity contribution in [3.05, 3.63) is 36.0 Å². The van der Waals surface area contributed by atoms with E-state index in [2.05, 4.69) is 29.1 Å². The van der Waals surface area contributed by atoms with Gasteiger partial charge in [-0.15, -0.1) is 0 Å². The molecule has 0 bridgehead atoms. The Labute approximate surface area is 107 Å². The molecule has 0 aliphatic rings. The maximum absolute atomic E-state index is 11.3. The molecular formula is C14H18N2O2. The molecule has 0 aliphatic heterocycles. The van der Waals surface area contributed by atoms with E-state index in [9.17, 15) is 4.79 Å². The van der Waals surface area contributed by atoms with E-state index in [-0.39, 0.29) is 12.5 Å². The zero-order chi connectivity index (χ0) is 13.0. The summed E-state index contributed by atoms with van der Waals surface area (Å²) in [6.07, 6.45) is 1.92. The van der Waals surface area contributed by atoms with Gasteiger partial charge in [-0.25, -0.2) is 0 Å². The van der Waals surface area contributed by atoms with Gasteiger partial charge in [0.15, 0.2) is 0 Å². The number of esters is 1. The monoisotopic (exact) mass is 246 g/mol. The summed E-state index contributed by atoms with van der Waals surface area (Å²) in [6, 6.07) is 8.29. The Morgan fingerprint density at radius 1 is 1.39 bits per heavy atom. The fourth-order valence-corrected chi connectivity index (χ4v) is 1.97. The Kier molecular flexibility index (Phi) is 3.99. The van der Waals surface area contributed by atoms with Crippen LogP contribution in [0.2, 0.25) is 0 Å². The van der Waals surface area contributed by atoms with Gasteiger partial charge in [0, 0.05) is 18.3 Å². The zero-order valence-corrected chi connectivity index (χ0v) is 10.8. The highest BCUT2D eigenvalue weighted by Crippen LogP contribution is 2.17. The molecule has 1 heterocycles. The van der Waals surface area contributed by atoms with Gasteiger partial charge in [0.25, 0.3) is 0 Å². The summed E-state index contributed by atoms with van der Waals surface area (Å²) >= 11 is 0. The van der Waals surface area contributed by atoms with Crippen molar-refractivity contribution in [1.82, 2.24) is 9.88 Å². The standard InChI is InChI=1S/C14H18N2O2/c1-3-15-9-11-4-5-13-12(8-11)6-7-16(13)10-14(17)18-2/h4-8,15H,3,9-10H2,1-2H3. The van der Waals surface area contributed by atoms with Crippen molar-refractivity contribution >= 4 is 16.9 Å². The maximum atomic E-state index is 11.3. The third-order valence-electron chi connectivity index (χ3n) is 2.94. The minimum Gasteiger partial charge on any atom is -0.468 e. The number of ether oxygens (including phenoxy) is 1. The Morgan fingerprint density at radius 2 is 2.22 bits per heavy atom. The molecule has 2 rings (SSSR count). The van der Waals surface area contributed by atoms with Crippen LogP contribution in [0.1, 0.15) is 12.5 Å². The molecule has 2 aromatic rings. The Morgan fingerprint density at radius 3 is 2.94 bits per heavy atom. The van der Waals surface area contributed by atoms with Crippen LogP contribution < -0.4 is 5.32 Å². The highest BCUT2D eigenvalue weighted by atomic mass is 16.5. The third kappa shape index (κ3) is 2.71. The molecule has 0 unspecified atom stereocenters. The van der Waals surface area contributed by atoms with E-state index in [0.29, 0.717) is 0 Å². The smallest absolute Gasteiger partial charge is 0.325 e. The van der Waals surface area contributed by atoms with Crippen LogP contribution in [0.4, 0.5) is 0 Å². The normalized spacial score (nSPS) is 10.8. The number of nitrogens with zero attached hydrogens (tertiary/aromatic N) is 1. The maximum Gasteiger partial charge on any atom is 0.325 e. The van der Waals surface area contributed by atoms with Crippen molar-refractivity contribution in [2.24, 2.45) is 0 Å². The van der Waals surface area contributed by atoms with Gasteiger partial charge in [-0.1, -0.05) is 13.0 Å². The van der Waals surface area contributed by atoms with E-state index in [1.807, 2.05) is 22.9 Å². The first kappa shape index (κ1) is 12.6. The Bertz CT molecular complexity index is 546. The molecule has 0 saturated heterocycles. The summed E-state index contributed by atoms with van der Waals surface area (Å²) in [5, 5.41) is 4.44. The Balaban J connectivity index is 2.23. The number of benzene rings is 1. The summed E-state index contributed by atoms with van der Waals surface area (Å²) < 4.78 is 6.58. The second-order valence-corrected chi connectivity index (χ2v) is 4.19.